The zero-order chi connectivity index (χ0) is 62.7. The van der Waals surface area contributed by atoms with Crippen molar-refractivity contribution >= 4 is 70.3 Å². The van der Waals surface area contributed by atoms with Crippen molar-refractivity contribution in [3.05, 3.63) is 138 Å². The van der Waals surface area contributed by atoms with Gasteiger partial charge in [0.1, 0.15) is 31.0 Å². The second-order valence-electron chi connectivity index (χ2n) is 20.5. The first kappa shape index (κ1) is 70.6. The number of hydrogen-bond donors (Lipinski definition) is 6. The minimum absolute atomic E-state index is 0.0516. The number of amides is 5. The van der Waals surface area contributed by atoms with Gasteiger partial charge in [0, 0.05) is 6.54 Å². The molecule has 0 aliphatic rings. The standard InChI is InChI=1S/C34H38N4O12S.C26H41N3O5/c1-24-15-17-27(18-16-24)51(44,45)38-28(31(41)46-2)14-9-19-35-32(36-33(42)49-22-47-29(39)20-25-10-5-3-6-11-25)37-34(43)50-23-48-30(40)21-26-12-7-4-8-13-26;1-17(2)12-21(15-30)27-24(31)22(13-18(3)4)28-25(32)23(14-19(5)6)29-26(33)34-16-20-10-8-7-9-11-20/h3-8,10-13,15-18,28,38H,9,14,19-23H2,1-2H3,(H2,35,36,37,42,43);7-11,15,17-19,21-23H,12-14,16H2,1-6H3,(H,27,31)(H,28,32)(H,29,33)/t28-;21-,22-,23-/m00/s1. The van der Waals surface area contributed by atoms with Crippen molar-refractivity contribution in [1.29, 1.82) is 0 Å². The van der Waals surface area contributed by atoms with Gasteiger partial charge in [0.15, 0.2) is 0 Å². The summed E-state index contributed by atoms with van der Waals surface area (Å²) in [4.78, 5) is 115. The van der Waals surface area contributed by atoms with Crippen LogP contribution in [0.5, 0.6) is 0 Å². The lowest BCUT2D eigenvalue weighted by Crippen LogP contribution is -2.55. The first-order valence-corrected chi connectivity index (χ1v) is 29.0. The van der Waals surface area contributed by atoms with Crippen LogP contribution >= 0.6 is 0 Å². The molecule has 6 N–H and O–H groups in total. The fourth-order valence-corrected chi connectivity index (χ4v) is 8.87. The number of methoxy groups -OCH3 is 1. The number of aliphatic imine (C=N–C) groups is 1. The number of alkyl carbamates (subject to hydrolysis) is 3. The molecule has 0 aliphatic carbocycles. The Kier molecular flexibility index (Phi) is 31.7. The molecule has 0 bridgehead atoms. The Morgan fingerprint density at radius 1 is 0.541 bits per heavy atom. The summed E-state index contributed by atoms with van der Waals surface area (Å²) in [5.41, 5.74) is 3.05. The van der Waals surface area contributed by atoms with Crippen molar-refractivity contribution in [3.63, 3.8) is 0 Å². The number of ether oxygens (including phenoxy) is 6. The number of rotatable bonds is 30. The molecule has 0 aliphatic heterocycles. The predicted molar refractivity (Wildman–Crippen MR) is 312 cm³/mol. The molecule has 4 aromatic carbocycles. The van der Waals surface area contributed by atoms with Crippen LogP contribution in [0, 0.1) is 24.7 Å². The molecule has 5 amide bonds. The molecule has 0 unspecified atom stereocenters. The Hall–Kier alpha value is -8.71. The first-order chi connectivity index (χ1) is 40.5. The number of sulfonamides is 1. The molecule has 0 radical (unpaired) electrons. The van der Waals surface area contributed by atoms with Crippen molar-refractivity contribution in [2.45, 2.75) is 129 Å². The van der Waals surface area contributed by atoms with Crippen molar-refractivity contribution < 1.29 is 80.0 Å². The lowest BCUT2D eigenvalue weighted by Gasteiger charge is -2.26. The van der Waals surface area contributed by atoms with E-state index in [-0.39, 0.29) is 61.5 Å². The molecule has 25 heteroatoms. The van der Waals surface area contributed by atoms with E-state index in [1.54, 1.807) is 79.7 Å². The van der Waals surface area contributed by atoms with Gasteiger partial charge in [-0.2, -0.15) is 4.72 Å². The number of guanidine groups is 1. The monoisotopic (exact) mass is 1200 g/mol. The molecule has 4 atom stereocenters. The molecule has 0 spiro atoms. The summed E-state index contributed by atoms with van der Waals surface area (Å²) in [6.45, 7) is 11.9. The molecular weight excluding hydrogens is 1120 g/mol. The number of esters is 3. The summed E-state index contributed by atoms with van der Waals surface area (Å²) in [6, 6.07) is 29.1. The van der Waals surface area contributed by atoms with E-state index in [9.17, 15) is 51.6 Å². The Bertz CT molecular complexity index is 2820. The third kappa shape index (κ3) is 29.9. The molecule has 24 nitrogen and oxygen atoms in total. The number of nitrogens with zero attached hydrogens (tertiary/aromatic N) is 1. The molecule has 4 aromatic rings. The van der Waals surface area contributed by atoms with Crippen LogP contribution in [0.4, 0.5) is 14.4 Å². The second kappa shape index (κ2) is 38.2. The van der Waals surface area contributed by atoms with Gasteiger partial charge in [0.25, 0.3) is 0 Å². The molecule has 0 saturated carbocycles. The van der Waals surface area contributed by atoms with Crippen molar-refractivity contribution in [1.82, 2.24) is 31.3 Å². The van der Waals surface area contributed by atoms with Crippen molar-refractivity contribution in [2.24, 2.45) is 22.7 Å². The van der Waals surface area contributed by atoms with Gasteiger partial charge in [0.2, 0.25) is 41.4 Å². The highest BCUT2D eigenvalue weighted by atomic mass is 32.2. The number of carbonyl (C=O) groups is 9. The van der Waals surface area contributed by atoms with Crippen LogP contribution < -0.4 is 31.3 Å². The van der Waals surface area contributed by atoms with E-state index < -0.39 is 102 Å². The molecule has 0 aromatic heterocycles. The summed E-state index contributed by atoms with van der Waals surface area (Å²) in [5.74, 6) is -3.04. The van der Waals surface area contributed by atoms with E-state index in [1.165, 1.54) is 12.1 Å². The summed E-state index contributed by atoms with van der Waals surface area (Å²) in [5, 5.41) is 12.5. The zero-order valence-corrected chi connectivity index (χ0v) is 50.0. The van der Waals surface area contributed by atoms with Crippen LogP contribution in [-0.2, 0) is 86.7 Å². The van der Waals surface area contributed by atoms with Crippen LogP contribution in [0.25, 0.3) is 0 Å². The van der Waals surface area contributed by atoms with Crippen LogP contribution in [-0.4, -0.2) is 120 Å². The van der Waals surface area contributed by atoms with E-state index in [0.717, 1.165) is 24.5 Å². The number of benzene rings is 4. The van der Waals surface area contributed by atoms with E-state index >= 15 is 0 Å². The second-order valence-corrected chi connectivity index (χ2v) is 22.3. The van der Waals surface area contributed by atoms with Crippen molar-refractivity contribution in [3.8, 4) is 0 Å². The average Bonchev–Trinajstić information content (AvgIpc) is 3.58. The Morgan fingerprint density at radius 3 is 1.46 bits per heavy atom. The van der Waals surface area contributed by atoms with E-state index in [0.29, 0.717) is 30.4 Å². The lowest BCUT2D eigenvalue weighted by atomic mass is 9.99. The van der Waals surface area contributed by atoms with Gasteiger partial charge in [-0.05, 0) is 85.6 Å². The Labute approximate surface area is 496 Å². The summed E-state index contributed by atoms with van der Waals surface area (Å²) < 4.78 is 57.6. The largest absolute Gasteiger partial charge is 0.468 e. The highest BCUT2D eigenvalue weighted by molar-refractivity contribution is 7.89. The maximum absolute atomic E-state index is 13.1. The van der Waals surface area contributed by atoms with Crippen LogP contribution in [0.2, 0.25) is 0 Å². The fourth-order valence-electron chi connectivity index (χ4n) is 7.65. The predicted octanol–water partition coefficient (Wildman–Crippen LogP) is 6.48. The quantitative estimate of drug-likeness (QED) is 0.00619. The van der Waals surface area contributed by atoms with Gasteiger partial charge >= 0.3 is 36.2 Å². The average molecular weight is 1200 g/mol. The molecule has 4 rings (SSSR count). The molecule has 0 heterocycles. The SMILES string of the molecule is CC(C)C[C@@H](C=O)NC(=O)[C@H](CC(C)C)NC(=O)[C@H](CC(C)C)NC(=O)OCc1ccccc1.COC(=O)[C@H](CCCN=C(NC(=O)OCOC(=O)Cc1ccccc1)NC(=O)OCOC(=O)Cc1ccccc1)NS(=O)(=O)c1ccc(C)cc1. The third-order valence-corrected chi connectivity index (χ3v) is 13.3. The number of aldehydes is 1. The highest BCUT2D eigenvalue weighted by Crippen LogP contribution is 2.14. The first-order valence-electron chi connectivity index (χ1n) is 27.5. The molecule has 0 fully saturated rings. The minimum atomic E-state index is -4.09. The number of aryl methyl sites for hydroxylation is 1. The zero-order valence-electron chi connectivity index (χ0n) is 49.2. The van der Waals surface area contributed by atoms with Gasteiger partial charge in [-0.1, -0.05) is 150 Å². The van der Waals surface area contributed by atoms with Crippen LogP contribution in [0.1, 0.15) is 95.9 Å². The molecule has 462 valence electrons. The third-order valence-electron chi connectivity index (χ3n) is 11.8. The minimum Gasteiger partial charge on any atom is -0.468 e. The smallest absolute Gasteiger partial charge is 0.416 e. The Morgan fingerprint density at radius 2 is 1.00 bits per heavy atom. The summed E-state index contributed by atoms with van der Waals surface area (Å²) in [6.07, 6.45) is -1.18. The van der Waals surface area contributed by atoms with Gasteiger partial charge in [-0.3, -0.25) is 39.6 Å². The van der Waals surface area contributed by atoms with Gasteiger partial charge in [0.05, 0.1) is 30.9 Å². The topological polar surface area (TPSA) is 328 Å². The van der Waals surface area contributed by atoms with E-state index in [4.69, 9.17) is 28.4 Å². The normalized spacial score (nSPS) is 12.3. The number of carbonyl (C=O) groups excluding carboxylic acids is 9. The highest BCUT2D eigenvalue weighted by Gasteiger charge is 2.30. The lowest BCUT2D eigenvalue weighted by molar-refractivity contribution is -0.152. The van der Waals surface area contributed by atoms with Gasteiger partial charge in [-0.25, -0.2) is 22.8 Å². The van der Waals surface area contributed by atoms with Crippen molar-refractivity contribution in [2.75, 3.05) is 27.2 Å². The summed E-state index contributed by atoms with van der Waals surface area (Å²) in [7, 11) is -2.98. The number of nitrogens with one attached hydrogen (secondary N) is 6. The van der Waals surface area contributed by atoms with Crippen LogP contribution in [0.15, 0.2) is 125 Å². The maximum atomic E-state index is 13.1. The van der Waals surface area contributed by atoms with Gasteiger partial charge in [-0.15, -0.1) is 0 Å². The molecule has 85 heavy (non-hydrogen) atoms. The summed E-state index contributed by atoms with van der Waals surface area (Å²) >= 11 is 0. The number of hydrogen-bond acceptors (Lipinski definition) is 18. The van der Waals surface area contributed by atoms with Gasteiger partial charge < -0.3 is 49.2 Å². The fraction of sp³-hybridized carbons (Fsp3) is 0.433. The van der Waals surface area contributed by atoms with E-state index in [1.807, 2.05) is 71.9 Å². The maximum Gasteiger partial charge on any atom is 0.416 e. The molecular formula is C60H79N7O17S. The molecule has 0 saturated heterocycles. The Balaban J connectivity index is 0.000000484. The van der Waals surface area contributed by atoms with E-state index in [2.05, 4.69) is 36.3 Å². The van der Waals surface area contributed by atoms with Crippen LogP contribution in [0.3, 0.4) is 0 Å².